The minimum absolute atomic E-state index is 0.0228. The van der Waals surface area contributed by atoms with Crippen molar-refractivity contribution in [2.24, 2.45) is 12.1 Å². The number of imidazole rings is 1. The maximum atomic E-state index is 13.3. The summed E-state index contributed by atoms with van der Waals surface area (Å²) in [6.07, 6.45) is -6.41. The number of aliphatic hydroxyl groups excluding tert-OH is 4. The SMILES string of the molecule is COc1ccc(C2=NN(c3ccccc3)C(C=CCNc3nc4c(c(=O)[nH]3)n(C)c[n+]4[C@@H]3O[C@H](COP(=O)([O-])OP(=O)([O-])OP(=O)([O-])OC[C@H]4O[C@@H](C)C(O)[C@H]4O)[C@H](O)C3O)C2)cc1. The van der Waals surface area contributed by atoms with E-state index in [1.54, 1.807) is 7.11 Å². The zero-order valence-electron chi connectivity index (χ0n) is 34.0. The van der Waals surface area contributed by atoms with Crippen LogP contribution in [0.1, 0.15) is 25.1 Å². The number of aryl methyl sites for hydroxylation is 1. The standard InChI is InChI=1S/C36H46N7O18P3/c1-20-29(44)30(45)26(58-20)17-56-62(49,50)60-64(53,54)61-63(51,52)57-18-27-31(46)32(47)35(59-27)42-19-41(2)28-33(42)38-36(39-34(28)48)37-15-7-10-23-16-25(21-11-13-24(55-3)14-12-21)40-43(23)22-8-5-4-6-9-22/h4-14,19-20,23,26-27,29-32,35,44-47H,15-18H2,1-3H3,(H4-,37,38,39,48,49,50,51,52,53,54)/p-2/t20-,23?,26+,27+,29?,30-,31-,32?,35+/m0/s1. The molecule has 0 saturated carbocycles. The summed E-state index contributed by atoms with van der Waals surface area (Å²) in [6.45, 7) is -0.609. The van der Waals surface area contributed by atoms with Crippen molar-refractivity contribution in [1.29, 1.82) is 0 Å². The van der Waals surface area contributed by atoms with Gasteiger partial charge >= 0.3 is 5.65 Å². The van der Waals surface area contributed by atoms with Crippen molar-refractivity contribution in [3.8, 4) is 5.75 Å². The van der Waals surface area contributed by atoms with Gasteiger partial charge in [0.25, 0.3) is 35.0 Å². The van der Waals surface area contributed by atoms with E-state index in [2.05, 4.69) is 33.0 Å². The molecular weight excluding hydrogens is 911 g/mol. The lowest BCUT2D eigenvalue weighted by molar-refractivity contribution is -0.745. The van der Waals surface area contributed by atoms with Crippen LogP contribution in [0.3, 0.4) is 0 Å². The van der Waals surface area contributed by atoms with Gasteiger partial charge in [-0.3, -0.25) is 33.0 Å². The Kier molecular flexibility index (Phi) is 14.4. The molecule has 5 heterocycles. The van der Waals surface area contributed by atoms with E-state index in [9.17, 15) is 53.6 Å². The van der Waals surface area contributed by atoms with E-state index in [0.717, 1.165) is 22.7 Å². The van der Waals surface area contributed by atoms with Gasteiger partial charge in [0.15, 0.2) is 6.33 Å². The Morgan fingerprint density at radius 2 is 1.53 bits per heavy atom. The molecule has 64 heavy (non-hydrogen) atoms. The lowest BCUT2D eigenvalue weighted by Crippen LogP contribution is -2.46. The summed E-state index contributed by atoms with van der Waals surface area (Å²) >= 11 is 0. The van der Waals surface area contributed by atoms with Gasteiger partial charge in [-0.1, -0.05) is 35.3 Å². The number of ether oxygens (including phenoxy) is 3. The first-order valence-electron chi connectivity index (χ1n) is 19.4. The molecule has 2 saturated heterocycles. The number of aromatic nitrogens is 4. The first-order valence-corrected chi connectivity index (χ1v) is 23.8. The number of para-hydroxylation sites is 1. The highest BCUT2D eigenvalue weighted by atomic mass is 31.3. The fourth-order valence-electron chi connectivity index (χ4n) is 7.18. The van der Waals surface area contributed by atoms with Crippen LogP contribution in [-0.2, 0) is 47.9 Å². The van der Waals surface area contributed by atoms with Gasteiger partial charge < -0.3 is 63.7 Å². The van der Waals surface area contributed by atoms with Gasteiger partial charge in [-0.15, -0.1) is 0 Å². The normalized spacial score (nSPS) is 28.9. The van der Waals surface area contributed by atoms with Crippen LogP contribution in [0.2, 0.25) is 0 Å². The van der Waals surface area contributed by atoms with E-state index in [1.807, 2.05) is 71.8 Å². The molecule has 2 fully saturated rings. The molecule has 0 radical (unpaired) electrons. The molecule has 3 aliphatic rings. The third kappa shape index (κ3) is 10.9. The van der Waals surface area contributed by atoms with Crippen molar-refractivity contribution in [2.45, 2.75) is 68.3 Å². The Bertz CT molecular complexity index is 2560. The number of phosphoric acid groups is 3. The number of fused-ring (bicyclic) bond motifs is 1. The van der Waals surface area contributed by atoms with Crippen LogP contribution in [0.15, 0.2) is 83.0 Å². The number of hydrogen-bond acceptors (Lipinski definition) is 22. The van der Waals surface area contributed by atoms with Crippen molar-refractivity contribution >= 4 is 52.0 Å². The molecule has 0 spiro atoms. The summed E-state index contributed by atoms with van der Waals surface area (Å²) in [5.74, 6) is 0.746. The van der Waals surface area contributed by atoms with E-state index in [0.29, 0.717) is 6.42 Å². The lowest BCUT2D eigenvalue weighted by Gasteiger charge is -2.34. The van der Waals surface area contributed by atoms with E-state index in [-0.39, 0.29) is 29.7 Å². The van der Waals surface area contributed by atoms with Gasteiger partial charge in [-0.25, -0.2) is 13.2 Å². The number of methoxy groups -OCH3 is 1. The largest absolute Gasteiger partial charge is 0.756 e. The maximum Gasteiger partial charge on any atom is 0.313 e. The molecule has 6 N–H and O–H groups in total. The number of nitrogens with zero attached hydrogens (tertiary/aromatic N) is 5. The summed E-state index contributed by atoms with van der Waals surface area (Å²) in [5.41, 5.74) is 2.11. The summed E-state index contributed by atoms with van der Waals surface area (Å²) in [7, 11) is -15.1. The van der Waals surface area contributed by atoms with E-state index in [4.69, 9.17) is 19.3 Å². The number of anilines is 2. The molecule has 7 rings (SSSR count). The van der Waals surface area contributed by atoms with Crippen molar-refractivity contribution < 1.29 is 85.2 Å². The average Bonchev–Trinajstić information content (AvgIpc) is 3.97. The molecule has 2 aromatic heterocycles. The number of aromatic amines is 1. The summed E-state index contributed by atoms with van der Waals surface area (Å²) < 4.78 is 72.0. The highest BCUT2D eigenvalue weighted by Gasteiger charge is 2.48. The Labute approximate surface area is 363 Å². The van der Waals surface area contributed by atoms with Gasteiger partial charge in [0, 0.05) is 13.0 Å². The molecule has 348 valence electrons. The maximum absolute atomic E-state index is 13.3. The van der Waals surface area contributed by atoms with Gasteiger partial charge in [0.1, 0.15) is 42.4 Å². The van der Waals surface area contributed by atoms with Gasteiger partial charge in [-0.05, 0) is 48.9 Å². The molecule has 28 heteroatoms. The van der Waals surface area contributed by atoms with Crippen LogP contribution >= 0.6 is 23.5 Å². The van der Waals surface area contributed by atoms with Crippen LogP contribution in [-0.4, -0.2) is 116 Å². The van der Waals surface area contributed by atoms with Gasteiger partial charge in [0.2, 0.25) is 11.7 Å². The second kappa shape index (κ2) is 19.3. The van der Waals surface area contributed by atoms with Crippen LogP contribution in [0.25, 0.3) is 11.2 Å². The number of phosphoric ester groups is 2. The number of hydrogen-bond donors (Lipinski definition) is 6. The Balaban J connectivity index is 0.973. The third-order valence-electron chi connectivity index (χ3n) is 10.3. The summed E-state index contributed by atoms with van der Waals surface area (Å²) in [5, 5.41) is 51.2. The van der Waals surface area contributed by atoms with Crippen molar-refractivity contribution in [3.63, 3.8) is 0 Å². The molecule has 4 aromatic rings. The Morgan fingerprint density at radius 1 is 0.906 bits per heavy atom. The Hall–Kier alpha value is -4.23. The fraction of sp³-hybridized carbons (Fsp3) is 0.444. The van der Waals surface area contributed by atoms with Crippen molar-refractivity contribution in [2.75, 3.05) is 37.2 Å². The molecule has 0 amide bonds. The number of benzene rings is 2. The number of aliphatic hydroxyl groups is 4. The minimum atomic E-state index is -6.29. The smallest absolute Gasteiger partial charge is 0.313 e. The zero-order valence-corrected chi connectivity index (χ0v) is 36.7. The number of rotatable bonds is 18. The molecular formula is C36H44N7O18P3-2. The van der Waals surface area contributed by atoms with Crippen LogP contribution in [0.5, 0.6) is 5.75 Å². The van der Waals surface area contributed by atoms with E-state index < -0.39 is 91.2 Å². The minimum Gasteiger partial charge on any atom is -0.756 e. The molecule has 0 aliphatic carbocycles. The zero-order chi connectivity index (χ0) is 46.1. The second-order valence-electron chi connectivity index (χ2n) is 14.8. The highest BCUT2D eigenvalue weighted by Crippen LogP contribution is 2.63. The number of nitrogens with one attached hydrogen (secondary N) is 2. The molecule has 0 bridgehead atoms. The topological polar surface area (TPSA) is 348 Å². The first-order chi connectivity index (χ1) is 30.2. The van der Waals surface area contributed by atoms with E-state index in [1.165, 1.54) is 29.4 Å². The fourth-order valence-corrected chi connectivity index (χ4v) is 10.6. The number of hydrazone groups is 1. The highest BCUT2D eigenvalue weighted by molar-refractivity contribution is 7.65. The predicted octanol–water partition coefficient (Wildman–Crippen LogP) is -1.19. The van der Waals surface area contributed by atoms with Crippen LogP contribution in [0, 0.1) is 0 Å². The second-order valence-corrected chi connectivity index (χ2v) is 19.3. The third-order valence-corrected chi connectivity index (χ3v) is 14.4. The van der Waals surface area contributed by atoms with Crippen LogP contribution in [0.4, 0.5) is 11.6 Å². The Morgan fingerprint density at radius 3 is 2.14 bits per heavy atom. The molecule has 2 aromatic carbocycles. The van der Waals surface area contributed by atoms with E-state index >= 15 is 0 Å². The van der Waals surface area contributed by atoms with Gasteiger partial charge in [-0.2, -0.15) is 5.10 Å². The molecule has 12 atom stereocenters. The summed E-state index contributed by atoms with van der Waals surface area (Å²) in [6, 6.07) is 17.1. The molecule has 25 nitrogen and oxygen atoms in total. The quantitative estimate of drug-likeness (QED) is 0.0388. The molecule has 6 unspecified atom stereocenters. The average molecular weight is 956 g/mol. The first kappa shape index (κ1) is 47.7. The van der Waals surface area contributed by atoms with Gasteiger partial charge in [0.05, 0.1) is 50.9 Å². The van der Waals surface area contributed by atoms with Crippen LogP contribution < -0.4 is 39.9 Å². The monoisotopic (exact) mass is 955 g/mol. The number of H-pyrrole nitrogens is 1. The summed E-state index contributed by atoms with van der Waals surface area (Å²) in [4.78, 5) is 57.2. The molecule has 3 aliphatic heterocycles. The lowest BCUT2D eigenvalue weighted by atomic mass is 10.0. The predicted molar refractivity (Wildman–Crippen MR) is 215 cm³/mol. The van der Waals surface area contributed by atoms with Crippen molar-refractivity contribution in [3.05, 3.63) is 89.0 Å². The van der Waals surface area contributed by atoms with Crippen molar-refractivity contribution in [1.82, 2.24) is 14.5 Å².